The van der Waals surface area contributed by atoms with E-state index in [4.69, 9.17) is 10.5 Å². The van der Waals surface area contributed by atoms with Crippen molar-refractivity contribution in [2.75, 3.05) is 11.9 Å². The van der Waals surface area contributed by atoms with Crippen molar-refractivity contribution < 1.29 is 9.13 Å². The highest BCUT2D eigenvalue weighted by Crippen LogP contribution is 2.23. The van der Waals surface area contributed by atoms with Gasteiger partial charge in [0.1, 0.15) is 5.75 Å². The Hall–Kier alpha value is -2.21. The summed E-state index contributed by atoms with van der Waals surface area (Å²) in [4.78, 5) is 7.66. The molecule has 0 saturated heterocycles. The number of aromatic nitrogens is 2. The number of rotatable bonds is 5. The molecular formula is C13H15FN4O. The van der Waals surface area contributed by atoms with Gasteiger partial charge < -0.3 is 15.8 Å². The van der Waals surface area contributed by atoms with Gasteiger partial charge in [-0.25, -0.2) is 14.4 Å². The van der Waals surface area contributed by atoms with E-state index in [0.717, 1.165) is 29.4 Å². The second kappa shape index (κ2) is 6.10. The molecule has 19 heavy (non-hydrogen) atoms. The van der Waals surface area contributed by atoms with Crippen molar-refractivity contribution in [2.24, 2.45) is 5.73 Å². The number of halogens is 1. The van der Waals surface area contributed by atoms with Crippen LogP contribution in [0.25, 0.3) is 0 Å². The fourth-order valence-electron chi connectivity index (χ4n) is 1.62. The predicted molar refractivity (Wildman–Crippen MR) is 70.8 cm³/mol. The molecule has 2 rings (SSSR count). The van der Waals surface area contributed by atoms with Gasteiger partial charge in [-0.05, 0) is 25.1 Å². The summed E-state index contributed by atoms with van der Waals surface area (Å²) in [7, 11) is 0. The number of nitrogens with zero attached hydrogens (tertiary/aromatic N) is 2. The van der Waals surface area contributed by atoms with Crippen molar-refractivity contribution in [3.8, 4) is 5.75 Å². The summed E-state index contributed by atoms with van der Waals surface area (Å²) in [6.45, 7) is 2.87. The van der Waals surface area contributed by atoms with Crippen LogP contribution < -0.4 is 15.8 Å². The van der Waals surface area contributed by atoms with Crippen LogP contribution in [0.15, 0.2) is 30.6 Å². The van der Waals surface area contributed by atoms with Gasteiger partial charge in [-0.15, -0.1) is 0 Å². The predicted octanol–water partition coefficient (Wildman–Crippen LogP) is 2.22. The van der Waals surface area contributed by atoms with E-state index in [-0.39, 0.29) is 0 Å². The SMILES string of the molecule is CCOc1ccc(Nc2ncc(F)cn2)cc1CN. The van der Waals surface area contributed by atoms with Crippen molar-refractivity contribution in [2.45, 2.75) is 13.5 Å². The lowest BCUT2D eigenvalue weighted by atomic mass is 10.2. The first-order chi connectivity index (χ1) is 9.22. The van der Waals surface area contributed by atoms with Crippen molar-refractivity contribution >= 4 is 11.6 Å². The van der Waals surface area contributed by atoms with E-state index in [9.17, 15) is 4.39 Å². The molecule has 0 atom stereocenters. The maximum Gasteiger partial charge on any atom is 0.227 e. The van der Waals surface area contributed by atoms with Crippen LogP contribution in [0, 0.1) is 5.82 Å². The first-order valence-corrected chi connectivity index (χ1v) is 5.93. The molecule has 1 aromatic carbocycles. The van der Waals surface area contributed by atoms with Crippen LogP contribution >= 0.6 is 0 Å². The maximum absolute atomic E-state index is 12.7. The van der Waals surface area contributed by atoms with Crippen LogP contribution in [0.5, 0.6) is 5.75 Å². The van der Waals surface area contributed by atoms with Crippen LogP contribution in [-0.4, -0.2) is 16.6 Å². The molecule has 0 fully saturated rings. The molecule has 0 aliphatic carbocycles. The van der Waals surface area contributed by atoms with Crippen molar-refractivity contribution in [3.05, 3.63) is 42.0 Å². The molecule has 6 heteroatoms. The zero-order chi connectivity index (χ0) is 13.7. The first-order valence-electron chi connectivity index (χ1n) is 5.93. The molecule has 0 saturated carbocycles. The van der Waals surface area contributed by atoms with Crippen LogP contribution in [-0.2, 0) is 6.54 Å². The number of hydrogen-bond donors (Lipinski definition) is 2. The molecule has 0 radical (unpaired) electrons. The number of hydrogen-bond acceptors (Lipinski definition) is 5. The highest BCUT2D eigenvalue weighted by atomic mass is 19.1. The zero-order valence-corrected chi connectivity index (χ0v) is 10.6. The van der Waals surface area contributed by atoms with Gasteiger partial charge in [0, 0.05) is 17.8 Å². The largest absolute Gasteiger partial charge is 0.494 e. The van der Waals surface area contributed by atoms with E-state index >= 15 is 0 Å². The van der Waals surface area contributed by atoms with Crippen molar-refractivity contribution in [1.82, 2.24) is 9.97 Å². The van der Waals surface area contributed by atoms with E-state index in [0.29, 0.717) is 19.1 Å². The molecule has 1 aromatic heterocycles. The summed E-state index contributed by atoms with van der Waals surface area (Å²) in [5.74, 6) is 0.615. The molecular weight excluding hydrogens is 247 g/mol. The molecule has 1 heterocycles. The fourth-order valence-corrected chi connectivity index (χ4v) is 1.62. The van der Waals surface area contributed by atoms with Crippen LogP contribution in [0.3, 0.4) is 0 Å². The number of ether oxygens (including phenoxy) is 1. The second-order valence-corrected chi connectivity index (χ2v) is 3.81. The number of nitrogens with one attached hydrogen (secondary N) is 1. The summed E-state index contributed by atoms with van der Waals surface area (Å²) >= 11 is 0. The first kappa shape index (κ1) is 13.2. The normalized spacial score (nSPS) is 10.3. The van der Waals surface area contributed by atoms with Gasteiger partial charge in [0.05, 0.1) is 19.0 Å². The van der Waals surface area contributed by atoms with E-state index in [2.05, 4.69) is 15.3 Å². The monoisotopic (exact) mass is 262 g/mol. The third-order valence-electron chi connectivity index (χ3n) is 2.46. The second-order valence-electron chi connectivity index (χ2n) is 3.81. The lowest BCUT2D eigenvalue weighted by Crippen LogP contribution is -2.04. The fraction of sp³-hybridized carbons (Fsp3) is 0.231. The van der Waals surface area contributed by atoms with E-state index in [1.807, 2.05) is 25.1 Å². The Balaban J connectivity index is 2.18. The summed E-state index contributed by atoms with van der Waals surface area (Å²) < 4.78 is 18.2. The summed E-state index contributed by atoms with van der Waals surface area (Å²) in [5, 5.41) is 2.98. The molecule has 5 nitrogen and oxygen atoms in total. The van der Waals surface area contributed by atoms with Gasteiger partial charge in [-0.2, -0.15) is 0 Å². The topological polar surface area (TPSA) is 73.1 Å². The summed E-state index contributed by atoms with van der Waals surface area (Å²) in [6.07, 6.45) is 2.21. The van der Waals surface area contributed by atoms with Gasteiger partial charge in [0.25, 0.3) is 0 Å². The van der Waals surface area contributed by atoms with E-state index in [1.54, 1.807) is 0 Å². The van der Waals surface area contributed by atoms with Gasteiger partial charge in [-0.3, -0.25) is 0 Å². The third-order valence-corrected chi connectivity index (χ3v) is 2.46. The van der Waals surface area contributed by atoms with Gasteiger partial charge >= 0.3 is 0 Å². The average Bonchev–Trinajstić information content (AvgIpc) is 2.43. The van der Waals surface area contributed by atoms with Gasteiger partial charge in [0.15, 0.2) is 5.82 Å². The number of nitrogens with two attached hydrogens (primary N) is 1. The Kier molecular flexibility index (Phi) is 4.25. The zero-order valence-electron chi connectivity index (χ0n) is 10.6. The Bertz CT molecular complexity index is 545. The molecule has 2 aromatic rings. The van der Waals surface area contributed by atoms with Gasteiger partial charge in [0.2, 0.25) is 5.95 Å². The Morgan fingerprint density at radius 2 is 2.05 bits per heavy atom. The molecule has 0 bridgehead atoms. The van der Waals surface area contributed by atoms with Crippen LogP contribution in [0.1, 0.15) is 12.5 Å². The highest BCUT2D eigenvalue weighted by Gasteiger charge is 2.05. The number of benzene rings is 1. The average molecular weight is 262 g/mol. The lowest BCUT2D eigenvalue weighted by molar-refractivity contribution is 0.336. The molecule has 0 amide bonds. The molecule has 3 N–H and O–H groups in total. The van der Waals surface area contributed by atoms with Crippen LogP contribution in [0.4, 0.5) is 16.0 Å². The summed E-state index contributed by atoms with van der Waals surface area (Å²) in [5.41, 5.74) is 7.33. The van der Waals surface area contributed by atoms with Crippen molar-refractivity contribution in [3.63, 3.8) is 0 Å². The van der Waals surface area contributed by atoms with E-state index < -0.39 is 5.82 Å². The minimum atomic E-state index is -0.472. The third kappa shape index (κ3) is 3.38. The minimum absolute atomic E-state index is 0.327. The molecule has 0 unspecified atom stereocenters. The summed E-state index contributed by atoms with van der Waals surface area (Å²) in [6, 6.07) is 5.52. The van der Waals surface area contributed by atoms with Gasteiger partial charge in [-0.1, -0.05) is 0 Å². The molecule has 0 spiro atoms. The van der Waals surface area contributed by atoms with Crippen molar-refractivity contribution in [1.29, 1.82) is 0 Å². The minimum Gasteiger partial charge on any atom is -0.494 e. The smallest absolute Gasteiger partial charge is 0.227 e. The Morgan fingerprint density at radius 3 is 2.68 bits per heavy atom. The standard InChI is InChI=1S/C13H15FN4O/c1-2-19-12-4-3-11(5-9(12)6-15)18-13-16-7-10(14)8-17-13/h3-5,7-8H,2,6,15H2,1H3,(H,16,17,18). The lowest BCUT2D eigenvalue weighted by Gasteiger charge is -2.11. The molecule has 100 valence electrons. The van der Waals surface area contributed by atoms with E-state index in [1.165, 1.54) is 0 Å². The maximum atomic E-state index is 12.7. The molecule has 0 aliphatic heterocycles. The molecule has 0 aliphatic rings. The number of anilines is 2. The Labute approximate surface area is 110 Å². The Morgan fingerprint density at radius 1 is 1.32 bits per heavy atom. The quantitative estimate of drug-likeness (QED) is 0.864. The van der Waals surface area contributed by atoms with Crippen LogP contribution in [0.2, 0.25) is 0 Å². The highest BCUT2D eigenvalue weighted by molar-refractivity contribution is 5.57.